The number of sulfonamides is 1. The van der Waals surface area contributed by atoms with Gasteiger partial charge in [-0.2, -0.15) is 0 Å². The Hall–Kier alpha value is -4.23. The summed E-state index contributed by atoms with van der Waals surface area (Å²) in [4.78, 5) is 56.2. The minimum Gasteiger partial charge on any atom is -0.444 e. The van der Waals surface area contributed by atoms with Crippen molar-refractivity contribution in [1.29, 1.82) is 0 Å². The maximum atomic E-state index is 14.4. The molecule has 0 aromatic heterocycles. The lowest BCUT2D eigenvalue weighted by Gasteiger charge is -2.36. The molecule has 0 unspecified atom stereocenters. The van der Waals surface area contributed by atoms with E-state index in [2.05, 4.69) is 21.9 Å². The Morgan fingerprint density at radius 3 is 2.25 bits per heavy atom. The smallest absolute Gasteiger partial charge is 0.408 e. The van der Waals surface area contributed by atoms with E-state index in [0.29, 0.717) is 12.8 Å². The second-order valence-corrected chi connectivity index (χ2v) is 17.8. The molecule has 5 atom stereocenters. The van der Waals surface area contributed by atoms with Gasteiger partial charge in [0.05, 0.1) is 18.0 Å². The minimum absolute atomic E-state index is 0.0397. The van der Waals surface area contributed by atoms with Crippen LogP contribution in [0.2, 0.25) is 0 Å². The van der Waals surface area contributed by atoms with E-state index in [9.17, 15) is 27.6 Å². The number of ether oxygens (including phenoxy) is 2. The number of alkyl carbamates (subject to hydrolysis) is 1. The fourth-order valence-electron chi connectivity index (χ4n) is 6.35. The van der Waals surface area contributed by atoms with E-state index in [1.807, 2.05) is 54.6 Å². The molecule has 5 rings (SSSR count). The van der Waals surface area contributed by atoms with E-state index < -0.39 is 79.7 Å². The van der Waals surface area contributed by atoms with Crippen LogP contribution in [0.25, 0.3) is 11.1 Å². The van der Waals surface area contributed by atoms with Gasteiger partial charge in [0.2, 0.25) is 21.8 Å². The van der Waals surface area contributed by atoms with E-state index in [4.69, 9.17) is 9.47 Å². The summed E-state index contributed by atoms with van der Waals surface area (Å²) < 4.78 is 39.2. The third-order valence-corrected chi connectivity index (χ3v) is 11.2. The topological polar surface area (TPSA) is 160 Å². The average Bonchev–Trinajstić information content (AvgIpc) is 3.98. The largest absolute Gasteiger partial charge is 0.444 e. The normalized spacial score (nSPS) is 23.9. The number of benzene rings is 2. The molecule has 0 spiro atoms. The molecule has 2 aromatic rings. The lowest BCUT2D eigenvalue weighted by molar-refractivity contribution is -0.143. The molecule has 51 heavy (non-hydrogen) atoms. The van der Waals surface area contributed by atoms with Crippen molar-refractivity contribution in [2.24, 2.45) is 11.3 Å². The van der Waals surface area contributed by atoms with Gasteiger partial charge < -0.3 is 25.0 Å². The highest BCUT2D eigenvalue weighted by Crippen LogP contribution is 2.45. The minimum atomic E-state index is -3.88. The first-order valence-corrected chi connectivity index (χ1v) is 18.9. The van der Waals surface area contributed by atoms with E-state index in [0.717, 1.165) is 16.7 Å². The standard InChI is InChI=1S/C38H50N4O8S/c1-8-27-21-38(27,34(45)41-51(47,48)29-17-18-29)40-32(43)30-20-28(49-23-24-13-12-16-26(19-24)25-14-10-9-11-15-25)22-42(30)33(44)31(36(2,3)4)39-35(46)50-37(5,6)7/h8-16,19,27-31H,1,17-18,20-23H2,2-7H3,(H,39,46)(H,40,43)(H,41,45)/t27-,28-,30+,31-,38+/m1/s1. The molecule has 0 radical (unpaired) electrons. The van der Waals surface area contributed by atoms with Crippen molar-refractivity contribution < 1.29 is 37.1 Å². The maximum absolute atomic E-state index is 14.4. The first-order valence-electron chi connectivity index (χ1n) is 17.4. The number of hydrogen-bond acceptors (Lipinski definition) is 8. The molecule has 3 aliphatic rings. The van der Waals surface area contributed by atoms with Gasteiger partial charge in [0.15, 0.2) is 0 Å². The molecule has 0 bridgehead atoms. The number of nitrogens with one attached hydrogen (secondary N) is 3. The summed E-state index contributed by atoms with van der Waals surface area (Å²) in [6.07, 6.45) is 1.37. The maximum Gasteiger partial charge on any atom is 0.408 e. The summed E-state index contributed by atoms with van der Waals surface area (Å²) in [7, 11) is -3.88. The molecule has 1 aliphatic heterocycles. The highest BCUT2D eigenvalue weighted by Gasteiger charge is 2.62. The average molecular weight is 723 g/mol. The second kappa shape index (κ2) is 14.4. The highest BCUT2D eigenvalue weighted by atomic mass is 32.2. The molecule has 2 saturated carbocycles. The Morgan fingerprint density at radius 2 is 1.67 bits per heavy atom. The third-order valence-electron chi connectivity index (χ3n) is 9.39. The van der Waals surface area contributed by atoms with Crippen molar-refractivity contribution in [2.45, 2.75) is 108 Å². The van der Waals surface area contributed by atoms with Crippen molar-refractivity contribution in [3.8, 4) is 11.1 Å². The van der Waals surface area contributed by atoms with E-state index in [-0.39, 0.29) is 26.0 Å². The molecular weight excluding hydrogens is 673 g/mol. The van der Waals surface area contributed by atoms with Crippen LogP contribution in [0.1, 0.15) is 72.8 Å². The van der Waals surface area contributed by atoms with Gasteiger partial charge in [0.25, 0.3) is 5.91 Å². The molecule has 4 amide bonds. The van der Waals surface area contributed by atoms with Crippen LogP contribution in [-0.2, 0) is 40.5 Å². The van der Waals surface area contributed by atoms with Crippen LogP contribution in [0.3, 0.4) is 0 Å². The molecule has 3 N–H and O–H groups in total. The van der Waals surface area contributed by atoms with Crippen LogP contribution in [0.5, 0.6) is 0 Å². The van der Waals surface area contributed by atoms with Gasteiger partial charge >= 0.3 is 6.09 Å². The second-order valence-electron chi connectivity index (χ2n) is 15.9. The number of amides is 4. The number of carbonyl (C=O) groups excluding carboxylic acids is 4. The quantitative estimate of drug-likeness (QED) is 0.271. The zero-order valence-electron chi connectivity index (χ0n) is 30.2. The molecule has 13 heteroatoms. The molecule has 2 aromatic carbocycles. The first-order chi connectivity index (χ1) is 23.8. The first kappa shape index (κ1) is 38.0. The van der Waals surface area contributed by atoms with Crippen molar-refractivity contribution >= 4 is 33.8 Å². The zero-order chi connectivity index (χ0) is 37.4. The van der Waals surface area contributed by atoms with Crippen LogP contribution >= 0.6 is 0 Å². The number of carbonyl (C=O) groups is 4. The van der Waals surface area contributed by atoms with Gasteiger partial charge in [0.1, 0.15) is 23.2 Å². The Kier molecular flexibility index (Phi) is 10.7. The summed E-state index contributed by atoms with van der Waals surface area (Å²) in [5, 5.41) is 4.88. The lowest BCUT2D eigenvalue weighted by Crippen LogP contribution is -2.60. The molecule has 1 heterocycles. The Labute approximate surface area is 300 Å². The van der Waals surface area contributed by atoms with Gasteiger partial charge in [0, 0.05) is 18.9 Å². The van der Waals surface area contributed by atoms with Crippen LogP contribution in [0.4, 0.5) is 4.79 Å². The van der Waals surface area contributed by atoms with Crippen LogP contribution < -0.4 is 15.4 Å². The fraction of sp³-hybridized carbons (Fsp3) is 0.526. The van der Waals surface area contributed by atoms with E-state index in [1.54, 1.807) is 41.5 Å². The van der Waals surface area contributed by atoms with Crippen molar-refractivity contribution in [1.82, 2.24) is 20.3 Å². The van der Waals surface area contributed by atoms with Crippen LogP contribution in [0.15, 0.2) is 67.3 Å². The summed E-state index contributed by atoms with van der Waals surface area (Å²) in [6.45, 7) is 14.6. The number of rotatable bonds is 12. The van der Waals surface area contributed by atoms with E-state index in [1.165, 1.54) is 11.0 Å². The molecule has 2 aliphatic carbocycles. The molecular formula is C38H50N4O8S. The lowest BCUT2D eigenvalue weighted by atomic mass is 9.85. The van der Waals surface area contributed by atoms with Gasteiger partial charge in [-0.15, -0.1) is 6.58 Å². The molecule has 12 nitrogen and oxygen atoms in total. The van der Waals surface area contributed by atoms with Gasteiger partial charge in [-0.1, -0.05) is 75.4 Å². The van der Waals surface area contributed by atoms with Crippen molar-refractivity contribution in [2.75, 3.05) is 6.54 Å². The number of nitrogens with zero attached hydrogens (tertiary/aromatic N) is 1. The van der Waals surface area contributed by atoms with Gasteiger partial charge in [-0.25, -0.2) is 13.2 Å². The predicted octanol–water partition coefficient (Wildman–Crippen LogP) is 4.45. The summed E-state index contributed by atoms with van der Waals surface area (Å²) in [6, 6.07) is 15.7. The monoisotopic (exact) mass is 722 g/mol. The Bertz CT molecular complexity index is 1760. The van der Waals surface area contributed by atoms with Crippen molar-refractivity contribution in [3.05, 3.63) is 72.8 Å². The highest BCUT2D eigenvalue weighted by molar-refractivity contribution is 7.91. The molecule has 1 saturated heterocycles. The number of likely N-dealkylation sites (tertiary alicyclic amines) is 1. The van der Waals surface area contributed by atoms with E-state index >= 15 is 0 Å². The van der Waals surface area contributed by atoms with Crippen LogP contribution in [-0.4, -0.2) is 78.3 Å². The van der Waals surface area contributed by atoms with Gasteiger partial charge in [-0.05, 0) is 68.2 Å². The van der Waals surface area contributed by atoms with Crippen molar-refractivity contribution in [3.63, 3.8) is 0 Å². The third kappa shape index (κ3) is 9.17. The fourth-order valence-corrected chi connectivity index (χ4v) is 7.72. The predicted molar refractivity (Wildman–Crippen MR) is 192 cm³/mol. The van der Waals surface area contributed by atoms with Crippen LogP contribution in [0, 0.1) is 11.3 Å². The molecule has 276 valence electrons. The SMILES string of the molecule is C=C[C@@H]1C[C@@]1(NC(=O)[C@@H]1C[C@@H](OCc2cccc(-c3ccccc3)c2)CN1C(=O)[C@@H](NC(=O)OC(C)(C)C)C(C)(C)C)C(=O)NS(=O)(=O)C1CC1. The summed E-state index contributed by atoms with van der Waals surface area (Å²) in [5.74, 6) is -2.47. The summed E-state index contributed by atoms with van der Waals surface area (Å²) in [5.41, 5.74) is -0.136. The summed E-state index contributed by atoms with van der Waals surface area (Å²) >= 11 is 0. The molecule has 3 fully saturated rings. The zero-order valence-corrected chi connectivity index (χ0v) is 31.0. The Balaban J connectivity index is 1.38. The number of hydrogen-bond donors (Lipinski definition) is 3. The van der Waals surface area contributed by atoms with Gasteiger partial charge in [-0.3, -0.25) is 19.1 Å². The Morgan fingerprint density at radius 1 is 1.00 bits per heavy atom.